The van der Waals surface area contributed by atoms with Crippen molar-refractivity contribution in [2.75, 3.05) is 16.8 Å². The smallest absolute Gasteiger partial charge is 0.274 e. The Morgan fingerprint density at radius 2 is 1.82 bits per heavy atom. The zero-order chi connectivity index (χ0) is 27.0. The molecule has 1 amide bonds. The van der Waals surface area contributed by atoms with Gasteiger partial charge in [0.25, 0.3) is 5.91 Å². The van der Waals surface area contributed by atoms with Crippen molar-refractivity contribution in [3.63, 3.8) is 0 Å². The van der Waals surface area contributed by atoms with Crippen LogP contribution >= 0.6 is 23.7 Å². The van der Waals surface area contributed by atoms with Crippen molar-refractivity contribution in [3.05, 3.63) is 93.6 Å². The lowest BCUT2D eigenvalue weighted by molar-refractivity contribution is -0.143. The minimum atomic E-state index is -1.02. The number of phenols is 1. The summed E-state index contributed by atoms with van der Waals surface area (Å²) in [6.45, 7) is 8.16. The molecule has 0 spiro atoms. The van der Waals surface area contributed by atoms with Crippen LogP contribution in [-0.4, -0.2) is 33.9 Å². The van der Waals surface area contributed by atoms with Crippen molar-refractivity contribution in [1.82, 2.24) is 4.90 Å². The number of benzene rings is 2. The monoisotopic (exact) mass is 564 g/mol. The lowest BCUT2D eigenvalue weighted by Gasteiger charge is -2.38. The zero-order valence-corrected chi connectivity index (χ0v) is 24.1. The molecule has 2 aliphatic rings. The fraction of sp³-hybridized carbons (Fsp3) is 0.267. The number of amides is 1. The average molecular weight is 565 g/mol. The van der Waals surface area contributed by atoms with Gasteiger partial charge >= 0.3 is 0 Å². The minimum Gasteiger partial charge on any atom is -0.507 e. The van der Waals surface area contributed by atoms with E-state index in [0.29, 0.717) is 36.7 Å². The summed E-state index contributed by atoms with van der Waals surface area (Å²) >= 11 is 1.53. The van der Waals surface area contributed by atoms with Crippen molar-refractivity contribution in [2.24, 2.45) is 0 Å². The van der Waals surface area contributed by atoms with Crippen LogP contribution in [0.15, 0.2) is 66.5 Å². The molecule has 1 atom stereocenters. The van der Waals surface area contributed by atoms with Gasteiger partial charge in [0.1, 0.15) is 17.3 Å². The number of carbonyl (C=O) groups excluding carboxylic acids is 1. The van der Waals surface area contributed by atoms with E-state index >= 15 is 0 Å². The Labute approximate surface area is 239 Å². The van der Waals surface area contributed by atoms with E-state index in [1.807, 2.05) is 81.7 Å². The quantitative estimate of drug-likeness (QED) is 0.244. The second-order valence-electron chi connectivity index (χ2n) is 9.94. The molecular weight excluding hydrogens is 532 g/mol. The predicted octanol–water partition coefficient (Wildman–Crippen LogP) is 6.66. The third kappa shape index (κ3) is 5.40. The van der Waals surface area contributed by atoms with Gasteiger partial charge in [-0.1, -0.05) is 6.07 Å². The summed E-state index contributed by atoms with van der Waals surface area (Å²) < 4.78 is 6.40. The molecule has 0 saturated carbocycles. The highest BCUT2D eigenvalue weighted by molar-refractivity contribution is 7.12. The number of anilines is 2. The highest BCUT2D eigenvalue weighted by atomic mass is 35.5. The SMILES string of the molecule is Cc1c(C)c2c(c(C)c1O)CCC(C)(C(=O)N1C=CCN(c3ccc(NC(=N)c4cccs4)cc3)C=C1)O2.Cl. The first-order valence-corrected chi connectivity index (χ1v) is 13.5. The molecule has 204 valence electrons. The maximum Gasteiger partial charge on any atom is 0.274 e. The van der Waals surface area contributed by atoms with Crippen LogP contribution < -0.4 is 15.0 Å². The molecule has 0 saturated heterocycles. The molecule has 0 radical (unpaired) electrons. The number of carbonyl (C=O) groups is 1. The lowest BCUT2D eigenvalue weighted by Crippen LogP contribution is -2.50. The van der Waals surface area contributed by atoms with Crippen molar-refractivity contribution in [1.29, 1.82) is 5.41 Å². The second kappa shape index (κ2) is 11.2. The first-order chi connectivity index (χ1) is 18.2. The largest absolute Gasteiger partial charge is 0.507 e. The zero-order valence-electron chi connectivity index (χ0n) is 22.4. The molecule has 2 aromatic carbocycles. The third-order valence-electron chi connectivity index (χ3n) is 7.42. The molecule has 3 heterocycles. The van der Waals surface area contributed by atoms with Crippen LogP contribution in [0.1, 0.15) is 40.5 Å². The van der Waals surface area contributed by atoms with E-state index in [1.165, 1.54) is 11.3 Å². The van der Waals surface area contributed by atoms with Gasteiger partial charge in [-0.25, -0.2) is 0 Å². The van der Waals surface area contributed by atoms with Gasteiger partial charge < -0.3 is 20.1 Å². The minimum absolute atomic E-state index is 0. The Morgan fingerprint density at radius 3 is 2.51 bits per heavy atom. The highest BCUT2D eigenvalue weighted by Gasteiger charge is 2.42. The van der Waals surface area contributed by atoms with Gasteiger partial charge in [0.15, 0.2) is 5.60 Å². The number of rotatable bonds is 4. The molecule has 1 aromatic heterocycles. The highest BCUT2D eigenvalue weighted by Crippen LogP contribution is 2.43. The van der Waals surface area contributed by atoms with Crippen LogP contribution in [0.5, 0.6) is 11.5 Å². The van der Waals surface area contributed by atoms with E-state index < -0.39 is 5.60 Å². The van der Waals surface area contributed by atoms with Crippen LogP contribution in [0.25, 0.3) is 0 Å². The standard InChI is InChI=1S/C30H32N4O3S.ClH/c1-19-20(2)27-24(21(3)26(19)35)12-13-30(4,37-27)29(36)34-15-6-14-33(16-17-34)23-10-8-22(9-11-23)32-28(31)25-7-5-18-38-25;/h5-11,15-18,35H,12-14H2,1-4H3,(H2,31,32);1H. The van der Waals surface area contributed by atoms with Crippen molar-refractivity contribution in [2.45, 2.75) is 46.1 Å². The van der Waals surface area contributed by atoms with E-state index in [0.717, 1.165) is 38.5 Å². The third-order valence-corrected chi connectivity index (χ3v) is 8.31. The van der Waals surface area contributed by atoms with Gasteiger partial charge in [0.2, 0.25) is 0 Å². The number of phenolic OH excluding ortho intramolecular Hbond substituents is 1. The van der Waals surface area contributed by atoms with Crippen LogP contribution in [-0.2, 0) is 11.2 Å². The molecule has 1 unspecified atom stereocenters. The van der Waals surface area contributed by atoms with Crippen LogP contribution in [0.2, 0.25) is 0 Å². The number of aromatic hydroxyl groups is 1. The Kier molecular flexibility index (Phi) is 8.09. The number of hydrogen-bond acceptors (Lipinski definition) is 6. The van der Waals surface area contributed by atoms with Gasteiger partial charge in [-0.3, -0.25) is 15.1 Å². The Morgan fingerprint density at radius 1 is 1.08 bits per heavy atom. The summed E-state index contributed by atoms with van der Waals surface area (Å²) in [7, 11) is 0. The maximum absolute atomic E-state index is 13.7. The molecule has 3 aromatic rings. The molecule has 2 aliphatic heterocycles. The molecule has 5 rings (SSSR count). The first kappa shape index (κ1) is 28.3. The maximum atomic E-state index is 13.7. The van der Waals surface area contributed by atoms with Crippen LogP contribution in [0.4, 0.5) is 11.4 Å². The van der Waals surface area contributed by atoms with Crippen molar-refractivity contribution >= 4 is 46.9 Å². The summed E-state index contributed by atoms with van der Waals surface area (Å²) in [6.07, 6.45) is 8.60. The molecule has 39 heavy (non-hydrogen) atoms. The molecule has 0 fully saturated rings. The summed E-state index contributed by atoms with van der Waals surface area (Å²) in [4.78, 5) is 18.2. The number of nitrogens with zero attached hydrogens (tertiary/aromatic N) is 2. The van der Waals surface area contributed by atoms with Gasteiger partial charge in [-0.15, -0.1) is 23.7 Å². The van der Waals surface area contributed by atoms with E-state index in [2.05, 4.69) is 10.2 Å². The van der Waals surface area contributed by atoms with E-state index in [-0.39, 0.29) is 18.3 Å². The van der Waals surface area contributed by atoms with Gasteiger partial charge in [-0.2, -0.15) is 0 Å². The Hall–Kier alpha value is -3.75. The molecule has 0 bridgehead atoms. The number of halogens is 1. The van der Waals surface area contributed by atoms with Crippen molar-refractivity contribution in [3.8, 4) is 11.5 Å². The summed E-state index contributed by atoms with van der Waals surface area (Å²) in [5.74, 6) is 1.26. The van der Waals surface area contributed by atoms with E-state index in [4.69, 9.17) is 10.1 Å². The van der Waals surface area contributed by atoms with Gasteiger partial charge in [0, 0.05) is 48.5 Å². The number of fused-ring (bicyclic) bond motifs is 1. The molecular formula is C30H33ClN4O3S. The van der Waals surface area contributed by atoms with Crippen molar-refractivity contribution < 1.29 is 14.6 Å². The van der Waals surface area contributed by atoms with Gasteiger partial charge in [0.05, 0.1) is 4.88 Å². The number of hydrogen-bond donors (Lipinski definition) is 3. The lowest BCUT2D eigenvalue weighted by atomic mass is 9.86. The Balaban J connectivity index is 0.00000353. The predicted molar refractivity (Wildman–Crippen MR) is 161 cm³/mol. The second-order valence-corrected chi connectivity index (χ2v) is 10.9. The van der Waals surface area contributed by atoms with Gasteiger partial charge in [-0.05, 0) is 92.6 Å². The molecule has 9 heteroatoms. The fourth-order valence-corrected chi connectivity index (χ4v) is 5.53. The summed E-state index contributed by atoms with van der Waals surface area (Å²) in [5, 5.41) is 23.8. The number of ether oxygens (including phenoxy) is 1. The Bertz CT molecular complexity index is 1450. The molecule has 3 N–H and O–H groups in total. The number of thiophene rings is 1. The molecule has 0 aliphatic carbocycles. The summed E-state index contributed by atoms with van der Waals surface area (Å²) in [6, 6.07) is 11.7. The number of nitrogens with one attached hydrogen (secondary N) is 2. The normalized spacial score (nSPS) is 18.1. The van der Waals surface area contributed by atoms with Crippen LogP contribution in [0.3, 0.4) is 0 Å². The number of amidine groups is 1. The van der Waals surface area contributed by atoms with E-state index in [9.17, 15) is 9.90 Å². The topological polar surface area (TPSA) is 88.9 Å². The van der Waals surface area contributed by atoms with E-state index in [1.54, 1.807) is 17.3 Å². The molecule has 7 nitrogen and oxygen atoms in total. The summed E-state index contributed by atoms with van der Waals surface area (Å²) in [5.41, 5.74) is 4.27. The van der Waals surface area contributed by atoms with Crippen LogP contribution in [0, 0.1) is 26.2 Å². The average Bonchev–Trinajstić information content (AvgIpc) is 3.36. The first-order valence-electron chi connectivity index (χ1n) is 12.6. The fourth-order valence-electron chi connectivity index (χ4n) is 4.90.